The first-order chi connectivity index (χ1) is 11.2. The molecule has 1 fully saturated rings. The zero-order valence-corrected chi connectivity index (χ0v) is 14.1. The molecule has 134 valence electrons. The predicted octanol–water partition coefficient (Wildman–Crippen LogP) is 2.26. The number of benzene rings is 1. The molecule has 1 heterocycles. The fraction of sp³-hybridized carbons (Fsp3) is 0.588. The van der Waals surface area contributed by atoms with Crippen LogP contribution in [-0.4, -0.2) is 60.1 Å². The topological polar surface area (TPSA) is 35.6 Å². The largest absolute Gasteiger partial charge is 0.401 e. The Balaban J connectivity index is 1.83. The Morgan fingerprint density at radius 1 is 1.21 bits per heavy atom. The molecule has 0 aromatic heterocycles. The molecule has 1 N–H and O–H groups in total. The van der Waals surface area contributed by atoms with Crippen LogP contribution in [0.4, 0.5) is 13.2 Å². The lowest BCUT2D eigenvalue weighted by molar-refractivity contribution is -0.156. The van der Waals surface area contributed by atoms with E-state index in [1.807, 2.05) is 49.1 Å². The molecule has 0 saturated carbocycles. The second-order valence-corrected chi connectivity index (χ2v) is 6.82. The van der Waals surface area contributed by atoms with E-state index in [1.165, 1.54) is 4.90 Å². The standard InChI is InChI=1S/C17H24F3N3O/c1-16(2)12-22(13-17(18,19)20)8-9-23(16)11-15(24)21-10-14-6-4-3-5-7-14/h3-7H,8-13H2,1-2H3,(H,21,24). The Hall–Kier alpha value is -1.60. The minimum Gasteiger partial charge on any atom is -0.351 e. The van der Waals surface area contributed by atoms with E-state index in [-0.39, 0.29) is 12.5 Å². The maximum absolute atomic E-state index is 12.5. The zero-order chi connectivity index (χ0) is 17.8. The van der Waals surface area contributed by atoms with Crippen molar-refractivity contribution in [3.63, 3.8) is 0 Å². The minimum atomic E-state index is -4.19. The van der Waals surface area contributed by atoms with Crippen molar-refractivity contribution in [2.75, 3.05) is 32.7 Å². The van der Waals surface area contributed by atoms with E-state index in [4.69, 9.17) is 0 Å². The lowest BCUT2D eigenvalue weighted by Gasteiger charge is -2.47. The van der Waals surface area contributed by atoms with Crippen LogP contribution in [-0.2, 0) is 11.3 Å². The second-order valence-electron chi connectivity index (χ2n) is 6.82. The van der Waals surface area contributed by atoms with Crippen molar-refractivity contribution in [2.45, 2.75) is 32.1 Å². The highest BCUT2D eigenvalue weighted by Gasteiger charge is 2.39. The molecular weight excluding hydrogens is 319 g/mol. The molecule has 0 atom stereocenters. The summed E-state index contributed by atoms with van der Waals surface area (Å²) < 4.78 is 37.6. The Labute approximate surface area is 140 Å². The summed E-state index contributed by atoms with van der Waals surface area (Å²) in [7, 11) is 0. The average Bonchev–Trinajstić information content (AvgIpc) is 2.47. The molecular formula is C17H24F3N3O. The van der Waals surface area contributed by atoms with Crippen molar-refractivity contribution in [1.29, 1.82) is 0 Å². The Kier molecular flexibility index (Phi) is 5.87. The van der Waals surface area contributed by atoms with E-state index in [0.29, 0.717) is 26.2 Å². The van der Waals surface area contributed by atoms with Gasteiger partial charge in [-0.1, -0.05) is 30.3 Å². The lowest BCUT2D eigenvalue weighted by atomic mass is 9.98. The minimum absolute atomic E-state index is 0.115. The van der Waals surface area contributed by atoms with Crippen LogP contribution in [0, 0.1) is 0 Å². The summed E-state index contributed by atoms with van der Waals surface area (Å²) in [5.41, 5.74) is 0.535. The summed E-state index contributed by atoms with van der Waals surface area (Å²) >= 11 is 0. The Bertz CT molecular complexity index is 546. The summed E-state index contributed by atoms with van der Waals surface area (Å²) in [5, 5.41) is 2.86. The number of alkyl halides is 3. The lowest BCUT2D eigenvalue weighted by Crippen LogP contribution is -2.61. The van der Waals surface area contributed by atoms with Gasteiger partial charge in [-0.25, -0.2) is 0 Å². The molecule has 0 aliphatic carbocycles. The third kappa shape index (κ3) is 5.79. The molecule has 0 unspecified atom stereocenters. The monoisotopic (exact) mass is 343 g/mol. The van der Waals surface area contributed by atoms with Gasteiger partial charge in [0.1, 0.15) is 0 Å². The number of halogens is 3. The molecule has 1 saturated heterocycles. The number of carbonyl (C=O) groups is 1. The van der Waals surface area contributed by atoms with Crippen molar-refractivity contribution in [2.24, 2.45) is 0 Å². The van der Waals surface area contributed by atoms with Gasteiger partial charge in [0.05, 0.1) is 13.1 Å². The van der Waals surface area contributed by atoms with E-state index in [1.54, 1.807) is 0 Å². The van der Waals surface area contributed by atoms with Crippen LogP contribution in [0.5, 0.6) is 0 Å². The van der Waals surface area contributed by atoms with E-state index in [0.717, 1.165) is 5.56 Å². The molecule has 24 heavy (non-hydrogen) atoms. The van der Waals surface area contributed by atoms with Gasteiger partial charge in [0.2, 0.25) is 5.91 Å². The van der Waals surface area contributed by atoms with Gasteiger partial charge < -0.3 is 5.32 Å². The molecule has 0 spiro atoms. The van der Waals surface area contributed by atoms with Crippen LogP contribution in [0.25, 0.3) is 0 Å². The van der Waals surface area contributed by atoms with Gasteiger partial charge in [0.25, 0.3) is 0 Å². The van der Waals surface area contributed by atoms with Gasteiger partial charge in [-0.3, -0.25) is 14.6 Å². The van der Waals surface area contributed by atoms with Crippen LogP contribution in [0.15, 0.2) is 30.3 Å². The quantitative estimate of drug-likeness (QED) is 0.891. The summed E-state index contributed by atoms with van der Waals surface area (Å²) in [4.78, 5) is 15.5. The SMILES string of the molecule is CC1(C)CN(CC(F)(F)F)CCN1CC(=O)NCc1ccccc1. The average molecular weight is 343 g/mol. The molecule has 1 aliphatic heterocycles. The summed E-state index contributed by atoms with van der Waals surface area (Å²) in [6.45, 7) is 4.55. The van der Waals surface area contributed by atoms with Crippen molar-refractivity contribution in [3.8, 4) is 0 Å². The third-order valence-electron chi connectivity index (χ3n) is 4.22. The number of nitrogens with one attached hydrogen (secondary N) is 1. The highest BCUT2D eigenvalue weighted by Crippen LogP contribution is 2.24. The molecule has 1 aliphatic rings. The first kappa shape index (κ1) is 18.7. The fourth-order valence-electron chi connectivity index (χ4n) is 3.00. The second kappa shape index (κ2) is 7.53. The fourth-order valence-corrected chi connectivity index (χ4v) is 3.00. The van der Waals surface area contributed by atoms with Crippen LogP contribution >= 0.6 is 0 Å². The van der Waals surface area contributed by atoms with Crippen LogP contribution in [0.2, 0.25) is 0 Å². The van der Waals surface area contributed by atoms with E-state index < -0.39 is 18.3 Å². The zero-order valence-electron chi connectivity index (χ0n) is 14.1. The number of hydrogen-bond acceptors (Lipinski definition) is 3. The van der Waals surface area contributed by atoms with Gasteiger partial charge in [0, 0.05) is 31.7 Å². The molecule has 7 heteroatoms. The third-order valence-corrected chi connectivity index (χ3v) is 4.22. The van der Waals surface area contributed by atoms with E-state index in [2.05, 4.69) is 5.32 Å². The number of rotatable bonds is 5. The Morgan fingerprint density at radius 2 is 1.88 bits per heavy atom. The van der Waals surface area contributed by atoms with Crippen molar-refractivity contribution >= 4 is 5.91 Å². The van der Waals surface area contributed by atoms with Crippen LogP contribution < -0.4 is 5.32 Å². The predicted molar refractivity (Wildman–Crippen MR) is 86.4 cm³/mol. The maximum Gasteiger partial charge on any atom is 0.401 e. The molecule has 0 radical (unpaired) electrons. The van der Waals surface area contributed by atoms with Gasteiger partial charge in [-0.05, 0) is 19.4 Å². The molecule has 4 nitrogen and oxygen atoms in total. The highest BCUT2D eigenvalue weighted by molar-refractivity contribution is 5.78. The molecule has 1 amide bonds. The smallest absolute Gasteiger partial charge is 0.351 e. The van der Waals surface area contributed by atoms with Gasteiger partial charge >= 0.3 is 6.18 Å². The van der Waals surface area contributed by atoms with E-state index in [9.17, 15) is 18.0 Å². The number of carbonyl (C=O) groups excluding carboxylic acids is 1. The maximum atomic E-state index is 12.5. The van der Waals surface area contributed by atoms with Gasteiger partial charge in [0.15, 0.2) is 0 Å². The van der Waals surface area contributed by atoms with Gasteiger partial charge in [-0.15, -0.1) is 0 Å². The summed E-state index contributed by atoms with van der Waals surface area (Å²) in [6, 6.07) is 9.59. The van der Waals surface area contributed by atoms with Crippen molar-refractivity contribution in [3.05, 3.63) is 35.9 Å². The van der Waals surface area contributed by atoms with Crippen LogP contribution in [0.3, 0.4) is 0 Å². The summed E-state index contributed by atoms with van der Waals surface area (Å²) in [6.07, 6.45) is -4.19. The molecule has 0 bridgehead atoms. The number of nitrogens with zero attached hydrogens (tertiary/aromatic N) is 2. The number of amides is 1. The number of hydrogen-bond donors (Lipinski definition) is 1. The van der Waals surface area contributed by atoms with Crippen molar-refractivity contribution < 1.29 is 18.0 Å². The first-order valence-corrected chi connectivity index (χ1v) is 8.00. The summed E-state index contributed by atoms with van der Waals surface area (Å²) in [5.74, 6) is -0.115. The highest BCUT2D eigenvalue weighted by atomic mass is 19.4. The normalized spacial score (nSPS) is 19.2. The molecule has 1 aromatic rings. The van der Waals surface area contributed by atoms with E-state index >= 15 is 0 Å². The van der Waals surface area contributed by atoms with Crippen LogP contribution in [0.1, 0.15) is 19.4 Å². The van der Waals surface area contributed by atoms with Crippen molar-refractivity contribution in [1.82, 2.24) is 15.1 Å². The first-order valence-electron chi connectivity index (χ1n) is 8.00. The molecule has 2 rings (SSSR count). The molecule has 1 aromatic carbocycles. The Morgan fingerprint density at radius 3 is 2.46 bits per heavy atom. The van der Waals surface area contributed by atoms with Gasteiger partial charge in [-0.2, -0.15) is 13.2 Å². The number of piperazine rings is 1.